The number of hydrogen-bond donors (Lipinski definition) is 1. The van der Waals surface area contributed by atoms with E-state index >= 15 is 0 Å². The van der Waals surface area contributed by atoms with Crippen LogP contribution in [0.25, 0.3) is 0 Å². The van der Waals surface area contributed by atoms with Gasteiger partial charge in [0.25, 0.3) is 0 Å². The van der Waals surface area contributed by atoms with Crippen molar-refractivity contribution in [3.63, 3.8) is 0 Å². The lowest BCUT2D eigenvalue weighted by molar-refractivity contribution is 0.0474. The molecule has 0 saturated carbocycles. The minimum Gasteiger partial charge on any atom is -0.457 e. The van der Waals surface area contributed by atoms with Gasteiger partial charge in [-0.2, -0.15) is 5.26 Å². The van der Waals surface area contributed by atoms with Gasteiger partial charge in [0.1, 0.15) is 6.61 Å². The molecule has 6 heteroatoms. The Hall–Kier alpha value is -2.78. The number of aliphatic imine (C=N–C) groups is 1. The number of rotatable bonds is 4. The van der Waals surface area contributed by atoms with Crippen molar-refractivity contribution < 1.29 is 9.53 Å². The Balaban J connectivity index is 2.16. The van der Waals surface area contributed by atoms with Crippen molar-refractivity contribution in [1.82, 2.24) is 5.32 Å². The predicted octanol–water partition coefficient (Wildman–Crippen LogP) is 3.46. The first kappa shape index (κ1) is 16.6. The summed E-state index contributed by atoms with van der Waals surface area (Å²) >= 11 is 1.28. The van der Waals surface area contributed by atoms with Crippen LogP contribution in [0.2, 0.25) is 0 Å². The average molecular weight is 325 g/mol. The van der Waals surface area contributed by atoms with Crippen LogP contribution in [0.3, 0.4) is 0 Å². The number of nitrogens with zero attached hydrogens (tertiary/aromatic N) is 2. The number of nitrogens with one attached hydrogen (secondary N) is 1. The maximum absolute atomic E-state index is 12.3. The standard InChI is InChI=1S/C17H15N3O2S/c1-23-17(19-12-18)20-15-10-6-5-9-14(15)16(21)22-11-13-7-3-2-4-8-13/h2-10H,11H2,1H3,(H,19,20). The molecule has 0 fully saturated rings. The fourth-order valence-corrected chi connectivity index (χ4v) is 2.16. The lowest BCUT2D eigenvalue weighted by Gasteiger charge is -2.08. The number of benzene rings is 2. The van der Waals surface area contributed by atoms with Crippen LogP contribution >= 0.6 is 11.8 Å². The predicted molar refractivity (Wildman–Crippen MR) is 91.4 cm³/mol. The van der Waals surface area contributed by atoms with Gasteiger partial charge in [0, 0.05) is 0 Å². The molecule has 0 aliphatic carbocycles. The van der Waals surface area contributed by atoms with Crippen LogP contribution in [0.1, 0.15) is 15.9 Å². The topological polar surface area (TPSA) is 74.5 Å². The Bertz CT molecular complexity index is 739. The van der Waals surface area contributed by atoms with E-state index in [1.54, 1.807) is 30.5 Å². The van der Waals surface area contributed by atoms with E-state index in [-0.39, 0.29) is 6.61 Å². The van der Waals surface area contributed by atoms with Crippen molar-refractivity contribution >= 4 is 28.6 Å². The number of nitriles is 1. The van der Waals surface area contributed by atoms with Gasteiger partial charge >= 0.3 is 5.97 Å². The van der Waals surface area contributed by atoms with Crippen molar-refractivity contribution in [2.45, 2.75) is 6.61 Å². The number of esters is 1. The quantitative estimate of drug-likeness (QED) is 0.306. The Kier molecular flexibility index (Phi) is 6.21. The van der Waals surface area contributed by atoms with Crippen LogP contribution in [0.5, 0.6) is 0 Å². The number of ether oxygens (including phenoxy) is 1. The number of carbonyl (C=O) groups is 1. The molecule has 0 bridgehead atoms. The lowest BCUT2D eigenvalue weighted by Crippen LogP contribution is -2.13. The first-order chi connectivity index (χ1) is 11.2. The maximum atomic E-state index is 12.3. The highest BCUT2D eigenvalue weighted by Gasteiger charge is 2.13. The number of hydrogen-bond acceptors (Lipinski definition) is 5. The van der Waals surface area contributed by atoms with Gasteiger partial charge in [0.2, 0.25) is 0 Å². The van der Waals surface area contributed by atoms with Crippen LogP contribution in [0.4, 0.5) is 5.69 Å². The monoisotopic (exact) mass is 325 g/mol. The van der Waals surface area contributed by atoms with E-state index in [2.05, 4.69) is 10.3 Å². The summed E-state index contributed by atoms with van der Waals surface area (Å²) in [7, 11) is 0. The zero-order valence-electron chi connectivity index (χ0n) is 12.5. The van der Waals surface area contributed by atoms with E-state index in [4.69, 9.17) is 10.00 Å². The largest absolute Gasteiger partial charge is 0.457 e. The summed E-state index contributed by atoms with van der Waals surface area (Å²) in [5.74, 6) is -0.453. The molecule has 0 saturated heterocycles. The van der Waals surface area contributed by atoms with Crippen molar-refractivity contribution in [3.05, 3.63) is 65.7 Å². The summed E-state index contributed by atoms with van der Waals surface area (Å²) < 4.78 is 5.33. The lowest BCUT2D eigenvalue weighted by atomic mass is 10.2. The Morgan fingerprint density at radius 2 is 1.91 bits per heavy atom. The minimum atomic E-state index is -0.453. The molecule has 0 aromatic heterocycles. The van der Waals surface area contributed by atoms with E-state index < -0.39 is 5.97 Å². The third-order valence-electron chi connectivity index (χ3n) is 2.91. The zero-order chi connectivity index (χ0) is 16.5. The van der Waals surface area contributed by atoms with Gasteiger partial charge in [-0.3, -0.25) is 5.32 Å². The molecule has 0 spiro atoms. The summed E-state index contributed by atoms with van der Waals surface area (Å²) in [4.78, 5) is 16.6. The smallest absolute Gasteiger partial charge is 0.340 e. The van der Waals surface area contributed by atoms with Crippen LogP contribution in [0, 0.1) is 11.5 Å². The molecule has 116 valence electrons. The van der Waals surface area contributed by atoms with Gasteiger partial charge < -0.3 is 4.74 Å². The normalized spacial score (nSPS) is 10.7. The molecule has 2 aromatic rings. The second-order valence-electron chi connectivity index (χ2n) is 4.44. The Labute approximate surface area is 139 Å². The van der Waals surface area contributed by atoms with Gasteiger partial charge in [-0.15, -0.1) is 0 Å². The number of carbonyl (C=O) groups excluding carboxylic acids is 1. The molecular formula is C17H15N3O2S. The van der Waals surface area contributed by atoms with E-state index in [1.807, 2.05) is 36.5 Å². The van der Waals surface area contributed by atoms with Crippen LogP contribution in [0.15, 0.2) is 59.6 Å². The molecule has 23 heavy (non-hydrogen) atoms. The molecule has 0 heterocycles. The molecular weight excluding hydrogens is 310 g/mol. The Morgan fingerprint density at radius 3 is 2.61 bits per heavy atom. The number of amidine groups is 1. The molecule has 2 rings (SSSR count). The molecule has 2 aromatic carbocycles. The summed E-state index contributed by atoms with van der Waals surface area (Å²) in [5.41, 5.74) is 1.73. The van der Waals surface area contributed by atoms with E-state index in [0.717, 1.165) is 5.56 Å². The molecule has 0 radical (unpaired) electrons. The fraction of sp³-hybridized carbons (Fsp3) is 0.118. The third kappa shape index (κ3) is 4.87. The summed E-state index contributed by atoms with van der Waals surface area (Å²) in [5, 5.41) is 11.6. The highest BCUT2D eigenvalue weighted by Crippen LogP contribution is 2.21. The maximum Gasteiger partial charge on any atom is 0.340 e. The number of thioether (sulfide) groups is 1. The summed E-state index contributed by atoms with van der Waals surface area (Å²) in [6.45, 7) is 0.198. The van der Waals surface area contributed by atoms with Gasteiger partial charge in [-0.1, -0.05) is 54.2 Å². The summed E-state index contributed by atoms with van der Waals surface area (Å²) in [6, 6.07) is 16.3. The second kappa shape index (κ2) is 8.61. The van der Waals surface area contributed by atoms with E-state index in [0.29, 0.717) is 16.4 Å². The minimum absolute atomic E-state index is 0.198. The van der Waals surface area contributed by atoms with Crippen LogP contribution in [-0.4, -0.2) is 17.4 Å². The zero-order valence-corrected chi connectivity index (χ0v) is 13.3. The highest BCUT2D eigenvalue weighted by atomic mass is 32.2. The van der Waals surface area contributed by atoms with Crippen LogP contribution in [-0.2, 0) is 11.3 Å². The first-order valence-corrected chi connectivity index (χ1v) is 8.05. The van der Waals surface area contributed by atoms with E-state index in [9.17, 15) is 4.79 Å². The van der Waals surface area contributed by atoms with Gasteiger partial charge in [-0.05, 0) is 24.0 Å². The second-order valence-corrected chi connectivity index (χ2v) is 5.23. The van der Waals surface area contributed by atoms with Gasteiger partial charge in [0.15, 0.2) is 11.4 Å². The van der Waals surface area contributed by atoms with E-state index in [1.165, 1.54) is 11.8 Å². The van der Waals surface area contributed by atoms with Crippen molar-refractivity contribution in [2.24, 2.45) is 4.99 Å². The first-order valence-electron chi connectivity index (χ1n) is 6.82. The summed E-state index contributed by atoms with van der Waals surface area (Å²) in [6.07, 6.45) is 3.61. The highest BCUT2D eigenvalue weighted by molar-refractivity contribution is 8.13. The molecule has 1 N–H and O–H groups in total. The molecule has 0 aliphatic heterocycles. The SMILES string of the molecule is CSC(=Nc1ccccc1C(=O)OCc1ccccc1)NC#N. The molecule has 0 atom stereocenters. The van der Waals surface area contributed by atoms with Crippen LogP contribution < -0.4 is 5.32 Å². The van der Waals surface area contributed by atoms with Crippen molar-refractivity contribution in [2.75, 3.05) is 6.26 Å². The van der Waals surface area contributed by atoms with Gasteiger partial charge in [-0.25, -0.2) is 9.79 Å². The number of para-hydroxylation sites is 1. The average Bonchev–Trinajstić information content (AvgIpc) is 2.60. The molecule has 0 unspecified atom stereocenters. The van der Waals surface area contributed by atoms with Gasteiger partial charge in [0.05, 0.1) is 11.3 Å². The molecule has 5 nitrogen and oxygen atoms in total. The molecule has 0 amide bonds. The molecule has 0 aliphatic rings. The third-order valence-corrected chi connectivity index (χ3v) is 3.49. The van der Waals surface area contributed by atoms with Crippen molar-refractivity contribution in [1.29, 1.82) is 5.26 Å². The van der Waals surface area contributed by atoms with Crippen molar-refractivity contribution in [3.8, 4) is 6.19 Å². The fourth-order valence-electron chi connectivity index (χ4n) is 1.83. The Morgan fingerprint density at radius 1 is 1.22 bits per heavy atom.